The van der Waals surface area contributed by atoms with Crippen LogP contribution >= 0.6 is 0 Å². The minimum atomic E-state index is -0.922. The van der Waals surface area contributed by atoms with E-state index in [9.17, 15) is 14.4 Å². The van der Waals surface area contributed by atoms with Crippen LogP contribution in [0.15, 0.2) is 46.8 Å². The van der Waals surface area contributed by atoms with Crippen LogP contribution < -0.4 is 10.1 Å². The number of ether oxygens (including phenoxy) is 3. The van der Waals surface area contributed by atoms with Gasteiger partial charge in [0.25, 0.3) is 0 Å². The van der Waals surface area contributed by atoms with Crippen molar-refractivity contribution >= 4 is 17.7 Å². The number of esters is 2. The third-order valence-electron chi connectivity index (χ3n) is 5.85. The summed E-state index contributed by atoms with van der Waals surface area (Å²) in [6.45, 7) is 5.85. The molecule has 0 aromatic heterocycles. The van der Waals surface area contributed by atoms with Gasteiger partial charge in [0.1, 0.15) is 11.7 Å². The molecule has 1 N–H and O–H groups in total. The zero-order chi connectivity index (χ0) is 22.7. The van der Waals surface area contributed by atoms with E-state index >= 15 is 0 Å². The molecule has 2 aliphatic rings. The summed E-state index contributed by atoms with van der Waals surface area (Å²) in [5.74, 6) is -2.70. The second kappa shape index (κ2) is 9.37. The Hall–Kier alpha value is -3.09. The molecule has 31 heavy (non-hydrogen) atoms. The SMILES string of the molecule is CCCOC(=O)C1=C(C)NC2=C(C(=O)[C@H](C(=O)OC)[C@H](C)C2)[C@H]1c1ccccc1OC. The van der Waals surface area contributed by atoms with Crippen molar-refractivity contribution in [2.75, 3.05) is 20.8 Å². The van der Waals surface area contributed by atoms with Crippen LogP contribution in [0, 0.1) is 11.8 Å². The van der Waals surface area contributed by atoms with Crippen molar-refractivity contribution in [2.45, 2.75) is 39.5 Å². The Balaban J connectivity index is 2.20. The van der Waals surface area contributed by atoms with E-state index in [-0.39, 0.29) is 18.3 Å². The topological polar surface area (TPSA) is 90.9 Å². The Kier molecular flexibility index (Phi) is 6.83. The molecule has 0 saturated heterocycles. The Morgan fingerprint density at radius 2 is 1.90 bits per heavy atom. The smallest absolute Gasteiger partial charge is 0.336 e. The van der Waals surface area contributed by atoms with E-state index in [1.807, 2.05) is 32.0 Å². The van der Waals surface area contributed by atoms with Gasteiger partial charge in [-0.1, -0.05) is 32.0 Å². The maximum absolute atomic E-state index is 13.6. The number of methoxy groups -OCH3 is 2. The number of nitrogens with one attached hydrogen (secondary N) is 1. The number of hydrogen-bond acceptors (Lipinski definition) is 7. The fourth-order valence-corrected chi connectivity index (χ4v) is 4.44. The number of carbonyl (C=O) groups is 3. The van der Waals surface area contributed by atoms with Crippen LogP contribution in [0.25, 0.3) is 0 Å². The predicted octanol–water partition coefficient (Wildman–Crippen LogP) is 3.26. The highest BCUT2D eigenvalue weighted by Gasteiger charge is 2.47. The number of ketones is 1. The van der Waals surface area contributed by atoms with Gasteiger partial charge in [-0.2, -0.15) is 0 Å². The van der Waals surface area contributed by atoms with Gasteiger partial charge in [0, 0.05) is 22.5 Å². The Morgan fingerprint density at radius 3 is 2.55 bits per heavy atom. The zero-order valence-electron chi connectivity index (χ0n) is 18.6. The molecule has 3 rings (SSSR count). The lowest BCUT2D eigenvalue weighted by atomic mass is 9.69. The molecule has 166 valence electrons. The first kappa shape index (κ1) is 22.6. The summed E-state index contributed by atoms with van der Waals surface area (Å²) in [6, 6.07) is 7.28. The van der Waals surface area contributed by atoms with Crippen LogP contribution in [0.2, 0.25) is 0 Å². The van der Waals surface area contributed by atoms with Gasteiger partial charge < -0.3 is 19.5 Å². The van der Waals surface area contributed by atoms with Crippen LogP contribution in [0.4, 0.5) is 0 Å². The zero-order valence-corrected chi connectivity index (χ0v) is 18.6. The van der Waals surface area contributed by atoms with E-state index in [4.69, 9.17) is 14.2 Å². The molecule has 7 nitrogen and oxygen atoms in total. The molecule has 1 aromatic rings. The van der Waals surface area contributed by atoms with Gasteiger partial charge in [-0.05, 0) is 31.7 Å². The van der Waals surface area contributed by atoms with Crippen LogP contribution in [0.1, 0.15) is 45.1 Å². The molecule has 0 spiro atoms. The number of carbonyl (C=O) groups excluding carboxylic acids is 3. The number of dihydropyridines is 1. The van der Waals surface area contributed by atoms with Crippen LogP contribution in [0.5, 0.6) is 5.75 Å². The fraction of sp³-hybridized carbons (Fsp3) is 0.458. The van der Waals surface area contributed by atoms with Gasteiger partial charge in [0.05, 0.1) is 32.3 Å². The Bertz CT molecular complexity index is 961. The second-order valence-corrected chi connectivity index (χ2v) is 7.91. The molecule has 7 heteroatoms. The Morgan fingerprint density at radius 1 is 1.19 bits per heavy atom. The highest BCUT2D eigenvalue weighted by molar-refractivity contribution is 6.12. The van der Waals surface area contributed by atoms with Gasteiger partial charge in [0.2, 0.25) is 0 Å². The molecular formula is C24H29NO6. The summed E-state index contributed by atoms with van der Waals surface area (Å²) in [5, 5.41) is 3.25. The number of rotatable bonds is 6. The van der Waals surface area contributed by atoms with E-state index in [1.165, 1.54) is 7.11 Å². The van der Waals surface area contributed by atoms with E-state index in [2.05, 4.69) is 5.32 Å². The molecule has 0 bridgehead atoms. The van der Waals surface area contributed by atoms with Crippen molar-refractivity contribution in [1.29, 1.82) is 0 Å². The largest absolute Gasteiger partial charge is 0.496 e. The number of hydrogen-bond donors (Lipinski definition) is 1. The summed E-state index contributed by atoms with van der Waals surface area (Å²) >= 11 is 0. The second-order valence-electron chi connectivity index (χ2n) is 7.91. The standard InChI is InChI=1S/C24H29NO6/c1-6-11-31-24(28)19-14(3)25-16-12-13(2)18(23(27)30-5)22(26)21(16)20(19)15-9-7-8-10-17(15)29-4/h7-10,13,18,20,25H,6,11-12H2,1-5H3/t13-,18-,20+/m1/s1. The molecule has 0 saturated carbocycles. The molecule has 1 aliphatic heterocycles. The van der Waals surface area contributed by atoms with Crippen LogP contribution in [0.3, 0.4) is 0 Å². The summed E-state index contributed by atoms with van der Waals surface area (Å²) in [7, 11) is 2.82. The molecular weight excluding hydrogens is 398 g/mol. The molecule has 0 fully saturated rings. The highest BCUT2D eigenvalue weighted by Crippen LogP contribution is 2.47. The lowest BCUT2D eigenvalue weighted by Gasteiger charge is -2.38. The highest BCUT2D eigenvalue weighted by atomic mass is 16.5. The lowest BCUT2D eigenvalue weighted by Crippen LogP contribution is -2.43. The first-order valence-corrected chi connectivity index (χ1v) is 10.5. The Labute approximate surface area is 182 Å². The molecule has 0 amide bonds. The molecule has 1 aromatic carbocycles. The molecule has 0 unspecified atom stereocenters. The maximum Gasteiger partial charge on any atom is 0.336 e. The number of benzene rings is 1. The molecule has 1 aliphatic carbocycles. The predicted molar refractivity (Wildman–Crippen MR) is 114 cm³/mol. The summed E-state index contributed by atoms with van der Waals surface area (Å²) < 4.78 is 15.9. The first-order chi connectivity index (χ1) is 14.8. The third kappa shape index (κ3) is 4.09. The summed E-state index contributed by atoms with van der Waals surface area (Å²) in [4.78, 5) is 39.1. The minimum absolute atomic E-state index is 0.231. The van der Waals surface area contributed by atoms with Gasteiger partial charge in [-0.3, -0.25) is 9.59 Å². The average molecular weight is 427 g/mol. The number of para-hydroxylation sites is 1. The molecule has 1 heterocycles. The van der Waals surface area contributed by atoms with Crippen molar-refractivity contribution in [3.8, 4) is 5.75 Å². The summed E-state index contributed by atoms with van der Waals surface area (Å²) in [6.07, 6.45) is 1.17. The van der Waals surface area contributed by atoms with E-state index in [0.717, 1.165) is 5.70 Å². The normalized spacial score (nSPS) is 23.1. The lowest BCUT2D eigenvalue weighted by molar-refractivity contribution is -0.151. The van der Waals surface area contributed by atoms with Crippen molar-refractivity contribution in [1.82, 2.24) is 5.32 Å². The van der Waals surface area contributed by atoms with Crippen LogP contribution in [-0.2, 0) is 23.9 Å². The summed E-state index contributed by atoms with van der Waals surface area (Å²) in [5.41, 5.74) is 2.77. The molecule has 3 atom stereocenters. The van der Waals surface area contributed by atoms with Crippen LogP contribution in [-0.4, -0.2) is 38.5 Å². The van der Waals surface area contributed by atoms with Crippen molar-refractivity contribution in [3.05, 3.63) is 52.4 Å². The monoisotopic (exact) mass is 427 g/mol. The van der Waals surface area contributed by atoms with E-state index in [0.29, 0.717) is 41.0 Å². The van der Waals surface area contributed by atoms with E-state index < -0.39 is 23.8 Å². The quantitative estimate of drug-likeness (QED) is 0.550. The van der Waals surface area contributed by atoms with Gasteiger partial charge >= 0.3 is 11.9 Å². The fourth-order valence-electron chi connectivity index (χ4n) is 4.44. The van der Waals surface area contributed by atoms with Crippen molar-refractivity contribution in [3.63, 3.8) is 0 Å². The van der Waals surface area contributed by atoms with E-state index in [1.54, 1.807) is 20.1 Å². The van der Waals surface area contributed by atoms with Crippen molar-refractivity contribution < 1.29 is 28.6 Å². The number of allylic oxidation sites excluding steroid dienone is 3. The molecule has 0 radical (unpaired) electrons. The minimum Gasteiger partial charge on any atom is -0.496 e. The third-order valence-corrected chi connectivity index (χ3v) is 5.85. The number of Topliss-reactive ketones (excluding diaryl/α,β-unsaturated/α-hetero) is 1. The van der Waals surface area contributed by atoms with Gasteiger partial charge in [-0.25, -0.2) is 4.79 Å². The van der Waals surface area contributed by atoms with Gasteiger partial charge in [-0.15, -0.1) is 0 Å². The first-order valence-electron chi connectivity index (χ1n) is 10.5. The van der Waals surface area contributed by atoms with Gasteiger partial charge in [0.15, 0.2) is 5.78 Å². The maximum atomic E-state index is 13.6. The van der Waals surface area contributed by atoms with Crippen molar-refractivity contribution in [2.24, 2.45) is 11.8 Å². The average Bonchev–Trinajstić information content (AvgIpc) is 2.76.